The molecule has 0 radical (unpaired) electrons. The van der Waals surface area contributed by atoms with Crippen molar-refractivity contribution >= 4 is 40.6 Å². The van der Waals surface area contributed by atoms with E-state index in [4.69, 9.17) is 23.2 Å². The molecule has 0 unspecified atom stereocenters. The Hall–Kier alpha value is -3.36. The molecule has 0 aliphatic carbocycles. The van der Waals surface area contributed by atoms with Crippen molar-refractivity contribution in [1.29, 1.82) is 0 Å². The maximum absolute atomic E-state index is 14.0. The van der Waals surface area contributed by atoms with Crippen LogP contribution in [0, 0.1) is 11.7 Å². The second-order valence-electron chi connectivity index (χ2n) is 9.28. The number of hydrogen-bond acceptors (Lipinski definition) is 2. The second-order valence-corrected chi connectivity index (χ2v) is 10.2. The van der Waals surface area contributed by atoms with E-state index in [-0.39, 0.29) is 17.7 Å². The highest BCUT2D eigenvalue weighted by molar-refractivity contribution is 6.35. The Bertz CT molecular complexity index is 1360. The summed E-state index contributed by atoms with van der Waals surface area (Å²) >= 11 is 11.9. The van der Waals surface area contributed by atoms with Gasteiger partial charge in [0, 0.05) is 41.3 Å². The Kier molecular flexibility index (Phi) is 8.97. The van der Waals surface area contributed by atoms with Gasteiger partial charge in [0.05, 0.1) is 5.56 Å². The predicted octanol–water partition coefficient (Wildman–Crippen LogP) is 7.25. The molecular formula is C29H24Cl2F4N2O2. The van der Waals surface area contributed by atoms with E-state index in [1.165, 1.54) is 48.5 Å². The number of nitrogens with one attached hydrogen (secondary N) is 1. The molecule has 3 aromatic rings. The molecule has 1 aliphatic rings. The van der Waals surface area contributed by atoms with Crippen LogP contribution in [0.4, 0.5) is 17.6 Å². The van der Waals surface area contributed by atoms with Crippen LogP contribution >= 0.6 is 23.2 Å². The minimum Gasteiger partial charge on any atom is -0.352 e. The number of likely N-dealkylation sites (tertiary alicyclic amines) is 1. The normalized spacial score (nSPS) is 14.8. The summed E-state index contributed by atoms with van der Waals surface area (Å²) in [6.07, 6.45) is -1.87. The van der Waals surface area contributed by atoms with Crippen molar-refractivity contribution in [3.63, 3.8) is 0 Å². The first-order chi connectivity index (χ1) is 18.5. The lowest BCUT2D eigenvalue weighted by molar-refractivity contribution is -0.137. The quantitative estimate of drug-likeness (QED) is 0.247. The molecule has 1 N–H and O–H groups in total. The third kappa shape index (κ3) is 7.61. The summed E-state index contributed by atoms with van der Waals surface area (Å²) in [7, 11) is 0. The van der Waals surface area contributed by atoms with Crippen LogP contribution in [-0.2, 0) is 11.0 Å². The van der Waals surface area contributed by atoms with Gasteiger partial charge >= 0.3 is 6.18 Å². The number of amides is 2. The van der Waals surface area contributed by atoms with E-state index in [0.717, 1.165) is 12.1 Å². The lowest BCUT2D eigenvalue weighted by Gasteiger charge is -2.31. The van der Waals surface area contributed by atoms with Gasteiger partial charge in [0.15, 0.2) is 0 Å². The SMILES string of the molecule is O=C(NCC1CCN(C(=O)C=C(c2ccc(C(F)(F)F)cc2)c2cccc(F)c2)CC1)c1cc(Cl)cc(Cl)c1. The molecular weight excluding hydrogens is 555 g/mol. The molecule has 4 rings (SSSR count). The zero-order valence-electron chi connectivity index (χ0n) is 20.6. The third-order valence-electron chi connectivity index (χ3n) is 6.53. The van der Waals surface area contributed by atoms with Gasteiger partial charge in [-0.15, -0.1) is 0 Å². The highest BCUT2D eigenvalue weighted by Crippen LogP contribution is 2.32. The molecule has 0 aromatic heterocycles. The van der Waals surface area contributed by atoms with Crippen LogP contribution in [0.15, 0.2) is 72.8 Å². The summed E-state index contributed by atoms with van der Waals surface area (Å²) in [6.45, 7) is 1.28. The molecule has 1 aliphatic heterocycles. The molecule has 3 aromatic carbocycles. The number of carbonyl (C=O) groups is 2. The van der Waals surface area contributed by atoms with Gasteiger partial charge in [-0.3, -0.25) is 9.59 Å². The zero-order valence-corrected chi connectivity index (χ0v) is 22.1. The average Bonchev–Trinajstić information content (AvgIpc) is 2.89. The van der Waals surface area contributed by atoms with E-state index in [0.29, 0.717) is 64.8 Å². The van der Waals surface area contributed by atoms with Gasteiger partial charge in [-0.2, -0.15) is 13.2 Å². The van der Waals surface area contributed by atoms with Crippen molar-refractivity contribution in [2.75, 3.05) is 19.6 Å². The Morgan fingerprint density at radius 2 is 1.54 bits per heavy atom. The van der Waals surface area contributed by atoms with Crippen LogP contribution in [0.1, 0.15) is 39.9 Å². The lowest BCUT2D eigenvalue weighted by Crippen LogP contribution is -2.41. The summed E-state index contributed by atoms with van der Waals surface area (Å²) in [6, 6.07) is 14.6. The van der Waals surface area contributed by atoms with Crippen molar-refractivity contribution in [2.24, 2.45) is 5.92 Å². The van der Waals surface area contributed by atoms with Gasteiger partial charge in [0.25, 0.3) is 5.91 Å². The van der Waals surface area contributed by atoms with Crippen molar-refractivity contribution in [3.8, 4) is 0 Å². The Balaban J connectivity index is 1.43. The molecule has 0 atom stereocenters. The fourth-order valence-electron chi connectivity index (χ4n) is 4.42. The van der Waals surface area contributed by atoms with Gasteiger partial charge in [0.2, 0.25) is 5.91 Å². The van der Waals surface area contributed by atoms with Crippen molar-refractivity contribution < 1.29 is 27.2 Å². The fraction of sp³-hybridized carbons (Fsp3) is 0.241. The highest BCUT2D eigenvalue weighted by Gasteiger charge is 2.30. The van der Waals surface area contributed by atoms with Crippen LogP contribution in [0.2, 0.25) is 10.0 Å². The van der Waals surface area contributed by atoms with E-state index in [1.807, 2.05) is 0 Å². The van der Waals surface area contributed by atoms with Gasteiger partial charge in [-0.1, -0.05) is 47.5 Å². The molecule has 0 bridgehead atoms. The lowest BCUT2D eigenvalue weighted by atomic mass is 9.94. The molecule has 0 spiro atoms. The molecule has 1 fully saturated rings. The fourth-order valence-corrected chi connectivity index (χ4v) is 4.95. The highest BCUT2D eigenvalue weighted by atomic mass is 35.5. The molecule has 4 nitrogen and oxygen atoms in total. The number of benzene rings is 3. The van der Waals surface area contributed by atoms with E-state index in [9.17, 15) is 27.2 Å². The van der Waals surface area contributed by atoms with Gasteiger partial charge in [-0.25, -0.2) is 4.39 Å². The molecule has 10 heteroatoms. The molecule has 39 heavy (non-hydrogen) atoms. The number of halogens is 6. The summed E-state index contributed by atoms with van der Waals surface area (Å²) in [5.74, 6) is -1.00. The first-order valence-corrected chi connectivity index (χ1v) is 12.9. The standard InChI is InChI=1S/C29H24Cl2F4N2O2/c30-23-12-21(13-24(31)15-23)28(39)36-17-18-8-10-37(11-9-18)27(38)16-26(20-2-1-3-25(32)14-20)19-4-6-22(7-5-19)29(33,34)35/h1-7,12-16,18H,8-11,17H2,(H,36,39). The number of piperidine rings is 1. The van der Waals surface area contributed by atoms with Crippen molar-refractivity contribution in [3.05, 3.63) is 111 Å². The minimum atomic E-state index is -4.50. The van der Waals surface area contributed by atoms with Gasteiger partial charge < -0.3 is 10.2 Å². The minimum absolute atomic E-state index is 0.147. The summed E-state index contributed by atoms with van der Waals surface area (Å²) in [5, 5.41) is 3.60. The number of rotatable bonds is 6. The van der Waals surface area contributed by atoms with Crippen LogP contribution in [0.25, 0.3) is 5.57 Å². The zero-order chi connectivity index (χ0) is 28.2. The second kappa shape index (κ2) is 12.2. The first kappa shape index (κ1) is 28.6. The third-order valence-corrected chi connectivity index (χ3v) is 6.97. The Morgan fingerprint density at radius 1 is 0.897 bits per heavy atom. The number of hydrogen-bond donors (Lipinski definition) is 1. The largest absolute Gasteiger partial charge is 0.416 e. The Labute approximate surface area is 233 Å². The summed E-state index contributed by atoms with van der Waals surface area (Å²) in [5.41, 5.74) is 0.604. The topological polar surface area (TPSA) is 49.4 Å². The van der Waals surface area contributed by atoms with Gasteiger partial charge in [0.1, 0.15) is 5.82 Å². The van der Waals surface area contributed by atoms with E-state index < -0.39 is 17.6 Å². The summed E-state index contributed by atoms with van der Waals surface area (Å²) in [4.78, 5) is 27.3. The molecule has 1 saturated heterocycles. The first-order valence-electron chi connectivity index (χ1n) is 12.2. The number of nitrogens with zero attached hydrogens (tertiary/aromatic N) is 1. The average molecular weight is 579 g/mol. The van der Waals surface area contributed by atoms with Crippen molar-refractivity contribution in [1.82, 2.24) is 10.2 Å². The summed E-state index contributed by atoms with van der Waals surface area (Å²) < 4.78 is 53.1. The predicted molar refractivity (Wildman–Crippen MR) is 143 cm³/mol. The Morgan fingerprint density at radius 3 is 2.13 bits per heavy atom. The number of alkyl halides is 3. The van der Waals surface area contributed by atoms with Crippen LogP contribution in [0.5, 0.6) is 0 Å². The molecule has 204 valence electrons. The monoisotopic (exact) mass is 578 g/mol. The maximum Gasteiger partial charge on any atom is 0.416 e. The maximum atomic E-state index is 14.0. The van der Waals surface area contributed by atoms with Gasteiger partial charge in [-0.05, 0) is 77.9 Å². The van der Waals surface area contributed by atoms with Crippen molar-refractivity contribution in [2.45, 2.75) is 19.0 Å². The number of carbonyl (C=O) groups excluding carboxylic acids is 2. The van der Waals surface area contributed by atoms with E-state index >= 15 is 0 Å². The van der Waals surface area contributed by atoms with E-state index in [1.54, 1.807) is 17.0 Å². The molecule has 1 heterocycles. The van der Waals surface area contributed by atoms with Crippen LogP contribution in [-0.4, -0.2) is 36.3 Å². The van der Waals surface area contributed by atoms with Crippen LogP contribution < -0.4 is 5.32 Å². The molecule has 2 amide bonds. The van der Waals surface area contributed by atoms with Crippen LogP contribution in [0.3, 0.4) is 0 Å². The molecule has 0 saturated carbocycles. The van der Waals surface area contributed by atoms with E-state index in [2.05, 4.69) is 5.32 Å². The smallest absolute Gasteiger partial charge is 0.352 e.